The number of nitrogens with zero attached hydrogens (tertiary/aromatic N) is 1. The monoisotopic (exact) mass is 308 g/mol. The smallest absolute Gasteiger partial charge is 0.239 e. The van der Waals surface area contributed by atoms with Crippen LogP contribution in [0.25, 0.3) is 0 Å². The molecule has 2 rings (SSSR count). The maximum atomic E-state index is 12.8. The molecule has 1 aliphatic rings. The van der Waals surface area contributed by atoms with Gasteiger partial charge in [0.25, 0.3) is 0 Å². The molecule has 0 spiro atoms. The first kappa shape index (κ1) is 16.9. The molecule has 1 aliphatic heterocycles. The third-order valence-corrected chi connectivity index (χ3v) is 4.07. The second-order valence-electron chi connectivity index (χ2n) is 5.86. The summed E-state index contributed by atoms with van der Waals surface area (Å²) in [5, 5.41) is 0. The Hall–Kier alpha value is -1.46. The summed E-state index contributed by atoms with van der Waals surface area (Å²) >= 11 is 0. The van der Waals surface area contributed by atoms with E-state index in [1.807, 2.05) is 11.8 Å². The predicted octanol–water partition coefficient (Wildman–Crippen LogP) is 2.46. The Morgan fingerprint density at radius 3 is 2.59 bits per heavy atom. The van der Waals surface area contributed by atoms with Gasteiger partial charge in [-0.1, -0.05) is 25.5 Å². The maximum Gasteiger partial charge on any atom is 0.239 e. The summed E-state index contributed by atoms with van der Waals surface area (Å²) in [6.07, 6.45) is 3.46. The molecule has 0 radical (unpaired) electrons. The molecule has 0 saturated carbocycles. The van der Waals surface area contributed by atoms with Crippen molar-refractivity contribution in [3.05, 3.63) is 35.6 Å². The minimum atomic E-state index is -0.373. The first-order valence-electron chi connectivity index (χ1n) is 8.00. The first-order valence-corrected chi connectivity index (χ1v) is 8.00. The fraction of sp³-hybridized carbons (Fsp3) is 0.588. The quantitative estimate of drug-likeness (QED) is 0.878. The van der Waals surface area contributed by atoms with Gasteiger partial charge >= 0.3 is 0 Å². The first-order chi connectivity index (χ1) is 10.6. The van der Waals surface area contributed by atoms with Crippen molar-refractivity contribution < 1.29 is 13.9 Å². The molecule has 1 amide bonds. The van der Waals surface area contributed by atoms with Gasteiger partial charge in [0, 0.05) is 13.1 Å². The summed E-state index contributed by atoms with van der Waals surface area (Å²) in [4.78, 5) is 14.0. The Bertz CT molecular complexity index is 470. The number of halogens is 1. The van der Waals surface area contributed by atoms with Gasteiger partial charge < -0.3 is 15.4 Å². The highest BCUT2D eigenvalue weighted by molar-refractivity contribution is 5.81. The average Bonchev–Trinajstić information content (AvgIpc) is 2.54. The van der Waals surface area contributed by atoms with Gasteiger partial charge in [-0.15, -0.1) is 0 Å². The molecule has 5 heteroatoms. The van der Waals surface area contributed by atoms with Crippen LogP contribution in [0.4, 0.5) is 4.39 Å². The van der Waals surface area contributed by atoms with Gasteiger partial charge in [-0.3, -0.25) is 4.79 Å². The molecule has 1 saturated heterocycles. The zero-order valence-corrected chi connectivity index (χ0v) is 13.1. The van der Waals surface area contributed by atoms with Crippen molar-refractivity contribution >= 4 is 5.91 Å². The maximum absolute atomic E-state index is 12.8. The largest absolute Gasteiger partial charge is 0.373 e. The van der Waals surface area contributed by atoms with Gasteiger partial charge in [0.1, 0.15) is 5.82 Å². The molecule has 1 atom stereocenters. The summed E-state index contributed by atoms with van der Waals surface area (Å²) in [5.41, 5.74) is 6.85. The summed E-state index contributed by atoms with van der Waals surface area (Å²) in [5.74, 6) is -0.183. The van der Waals surface area contributed by atoms with Gasteiger partial charge in [-0.2, -0.15) is 0 Å². The number of benzene rings is 1. The zero-order valence-electron chi connectivity index (χ0n) is 13.1. The van der Waals surface area contributed by atoms with E-state index in [1.54, 1.807) is 12.1 Å². The number of piperidine rings is 1. The predicted molar refractivity (Wildman–Crippen MR) is 83.7 cm³/mol. The molecular weight excluding hydrogens is 283 g/mol. The standard InChI is InChI=1S/C17H25FN2O2/c1-2-3-16(19)17(21)20-10-8-15(9-11-20)22-12-13-4-6-14(18)7-5-13/h4-7,15-16H,2-3,8-12,19H2,1H3/t16-/m1/s1. The molecular formula is C17H25FN2O2. The minimum Gasteiger partial charge on any atom is -0.373 e. The SMILES string of the molecule is CCC[C@@H](N)C(=O)N1CCC(OCc2ccc(F)cc2)CC1. The Morgan fingerprint density at radius 1 is 1.36 bits per heavy atom. The Kier molecular flexibility index (Phi) is 6.34. The third kappa shape index (κ3) is 4.78. The van der Waals surface area contributed by atoms with E-state index in [1.165, 1.54) is 12.1 Å². The van der Waals surface area contributed by atoms with E-state index >= 15 is 0 Å². The molecule has 1 fully saturated rings. The van der Waals surface area contributed by atoms with Crippen molar-refractivity contribution in [2.24, 2.45) is 5.73 Å². The van der Waals surface area contributed by atoms with Crippen LogP contribution in [0.2, 0.25) is 0 Å². The Balaban J connectivity index is 1.73. The zero-order chi connectivity index (χ0) is 15.9. The second-order valence-corrected chi connectivity index (χ2v) is 5.86. The van der Waals surface area contributed by atoms with Crippen LogP contribution >= 0.6 is 0 Å². The number of hydrogen-bond donors (Lipinski definition) is 1. The summed E-state index contributed by atoms with van der Waals surface area (Å²) in [7, 11) is 0. The fourth-order valence-electron chi connectivity index (χ4n) is 2.71. The molecule has 0 unspecified atom stereocenters. The Morgan fingerprint density at radius 2 is 2.00 bits per heavy atom. The van der Waals surface area contributed by atoms with Gasteiger partial charge in [0.15, 0.2) is 0 Å². The van der Waals surface area contributed by atoms with Crippen LogP contribution in [-0.2, 0) is 16.1 Å². The van der Waals surface area contributed by atoms with Crippen molar-refractivity contribution in [3.63, 3.8) is 0 Å². The van der Waals surface area contributed by atoms with Gasteiger partial charge in [0.2, 0.25) is 5.91 Å². The van der Waals surface area contributed by atoms with E-state index in [0.29, 0.717) is 19.7 Å². The molecule has 0 bridgehead atoms. The van der Waals surface area contributed by atoms with E-state index in [4.69, 9.17) is 10.5 Å². The highest BCUT2D eigenvalue weighted by Crippen LogP contribution is 2.17. The summed E-state index contributed by atoms with van der Waals surface area (Å²) in [6.45, 7) is 3.91. The van der Waals surface area contributed by atoms with Gasteiger partial charge in [-0.25, -0.2) is 4.39 Å². The number of carbonyl (C=O) groups excluding carboxylic acids is 1. The number of rotatable bonds is 6. The molecule has 1 heterocycles. The molecule has 0 aliphatic carbocycles. The molecule has 1 aromatic carbocycles. The minimum absolute atomic E-state index is 0.0545. The van der Waals surface area contributed by atoms with Gasteiger partial charge in [0.05, 0.1) is 18.8 Å². The lowest BCUT2D eigenvalue weighted by molar-refractivity contribution is -0.135. The van der Waals surface area contributed by atoms with Crippen LogP contribution < -0.4 is 5.73 Å². The van der Waals surface area contributed by atoms with E-state index in [2.05, 4.69) is 0 Å². The molecule has 4 nitrogen and oxygen atoms in total. The van der Waals surface area contributed by atoms with Crippen LogP contribution in [0.15, 0.2) is 24.3 Å². The second kappa shape index (κ2) is 8.25. The number of hydrogen-bond acceptors (Lipinski definition) is 3. The van der Waals surface area contributed by atoms with E-state index in [0.717, 1.165) is 31.2 Å². The molecule has 22 heavy (non-hydrogen) atoms. The van der Waals surface area contributed by atoms with E-state index in [9.17, 15) is 9.18 Å². The van der Waals surface area contributed by atoms with Crippen molar-refractivity contribution in [1.29, 1.82) is 0 Å². The fourth-order valence-corrected chi connectivity index (χ4v) is 2.71. The van der Waals surface area contributed by atoms with Gasteiger partial charge in [-0.05, 0) is 37.0 Å². The normalized spacial score (nSPS) is 17.5. The number of carbonyl (C=O) groups is 1. The van der Waals surface area contributed by atoms with Crippen LogP contribution in [0.1, 0.15) is 38.2 Å². The molecule has 1 aromatic rings. The number of amides is 1. The van der Waals surface area contributed by atoms with Crippen molar-refractivity contribution in [3.8, 4) is 0 Å². The van der Waals surface area contributed by atoms with Crippen LogP contribution in [0, 0.1) is 5.82 Å². The van der Waals surface area contributed by atoms with Crippen molar-refractivity contribution in [1.82, 2.24) is 4.90 Å². The highest BCUT2D eigenvalue weighted by Gasteiger charge is 2.26. The molecule has 0 aromatic heterocycles. The number of ether oxygens (including phenoxy) is 1. The number of nitrogens with two attached hydrogens (primary N) is 1. The molecule has 122 valence electrons. The Labute approximate surface area is 131 Å². The van der Waals surface area contributed by atoms with Crippen molar-refractivity contribution in [2.75, 3.05) is 13.1 Å². The van der Waals surface area contributed by atoms with Crippen LogP contribution in [0.5, 0.6) is 0 Å². The average molecular weight is 308 g/mol. The number of likely N-dealkylation sites (tertiary alicyclic amines) is 1. The highest BCUT2D eigenvalue weighted by atomic mass is 19.1. The lowest BCUT2D eigenvalue weighted by Crippen LogP contribution is -2.48. The third-order valence-electron chi connectivity index (χ3n) is 4.07. The van der Waals surface area contributed by atoms with Crippen LogP contribution in [0.3, 0.4) is 0 Å². The lowest BCUT2D eigenvalue weighted by atomic mass is 10.1. The molecule has 2 N–H and O–H groups in total. The van der Waals surface area contributed by atoms with Crippen molar-refractivity contribution in [2.45, 2.75) is 51.4 Å². The lowest BCUT2D eigenvalue weighted by Gasteiger charge is -2.33. The van der Waals surface area contributed by atoms with Crippen LogP contribution in [-0.4, -0.2) is 36.0 Å². The van der Waals surface area contributed by atoms with E-state index in [-0.39, 0.29) is 23.9 Å². The summed E-state index contributed by atoms with van der Waals surface area (Å²) in [6, 6.07) is 5.97. The van der Waals surface area contributed by atoms with E-state index < -0.39 is 0 Å². The summed E-state index contributed by atoms with van der Waals surface area (Å²) < 4.78 is 18.7. The topological polar surface area (TPSA) is 55.6 Å².